The molecule has 0 spiro atoms. The van der Waals surface area contributed by atoms with Crippen LogP contribution >= 0.6 is 0 Å². The van der Waals surface area contributed by atoms with E-state index in [2.05, 4.69) is 22.3 Å². The Morgan fingerprint density at radius 3 is 2.38 bits per heavy atom. The van der Waals surface area contributed by atoms with Crippen molar-refractivity contribution >= 4 is 23.5 Å². The Morgan fingerprint density at radius 1 is 0.936 bits per heavy atom. The van der Waals surface area contributed by atoms with Crippen molar-refractivity contribution in [2.45, 2.75) is 52.5 Å². The van der Waals surface area contributed by atoms with Gasteiger partial charge in [-0.2, -0.15) is 0 Å². The molecule has 3 aliphatic rings. The van der Waals surface area contributed by atoms with Gasteiger partial charge < -0.3 is 29.9 Å². The van der Waals surface area contributed by atoms with E-state index in [1.807, 2.05) is 54.4 Å². The van der Waals surface area contributed by atoms with Gasteiger partial charge in [-0.15, -0.1) is 0 Å². The first-order chi connectivity index (χ1) is 22.4. The van der Waals surface area contributed by atoms with Gasteiger partial charge in [0.2, 0.25) is 11.8 Å². The summed E-state index contributed by atoms with van der Waals surface area (Å²) in [6.07, 6.45) is 0.320. The van der Waals surface area contributed by atoms with Crippen molar-refractivity contribution in [1.29, 1.82) is 0 Å². The lowest BCUT2D eigenvalue weighted by atomic mass is 9.98. The van der Waals surface area contributed by atoms with Gasteiger partial charge >= 0.3 is 6.03 Å². The minimum atomic E-state index is -0.814. The standard InChI is InChI=1S/C35H42N6O5.CH4/c1-2-15-39-25-33(43)40-31(21-26-11-13-30(42)14-12-26)34(44)38(23-28-9-6-10-29(20-28)37-16-18-46-19-17-37)24-32(40)41(39)35(45)36-22-27-7-4-3-5-8-27;/h3-14,20,31-32,42H,2,15-19,21-25H2,1H3,(H,36,45);1H4/t31-,32-;/m0./s1. The number of amides is 4. The van der Waals surface area contributed by atoms with Gasteiger partial charge in [0.1, 0.15) is 18.0 Å². The molecule has 3 saturated heterocycles. The molecule has 0 aliphatic carbocycles. The molecule has 6 rings (SSSR count). The molecule has 2 N–H and O–H groups in total. The first-order valence-electron chi connectivity index (χ1n) is 16.1. The molecule has 0 saturated carbocycles. The summed E-state index contributed by atoms with van der Waals surface area (Å²) in [5.74, 6) is -0.219. The number of urea groups is 1. The van der Waals surface area contributed by atoms with Crippen LogP contribution in [-0.2, 0) is 33.8 Å². The number of benzene rings is 3. The lowest BCUT2D eigenvalue weighted by molar-refractivity contribution is -0.190. The van der Waals surface area contributed by atoms with E-state index in [1.165, 1.54) is 0 Å². The highest BCUT2D eigenvalue weighted by Crippen LogP contribution is 2.30. The fourth-order valence-electron chi connectivity index (χ4n) is 6.59. The molecule has 3 aromatic rings. The van der Waals surface area contributed by atoms with Crippen LogP contribution in [0.15, 0.2) is 78.9 Å². The lowest BCUT2D eigenvalue weighted by Gasteiger charge is -2.55. The Morgan fingerprint density at radius 2 is 1.66 bits per heavy atom. The van der Waals surface area contributed by atoms with Crippen molar-refractivity contribution in [2.75, 3.05) is 50.8 Å². The van der Waals surface area contributed by atoms with E-state index in [1.54, 1.807) is 39.1 Å². The summed E-state index contributed by atoms with van der Waals surface area (Å²) >= 11 is 0. The molecule has 0 aromatic heterocycles. The molecule has 47 heavy (non-hydrogen) atoms. The number of morpholine rings is 1. The smallest absolute Gasteiger partial charge is 0.334 e. The minimum absolute atomic E-state index is 0. The topological polar surface area (TPSA) is 109 Å². The maximum absolute atomic E-state index is 14.3. The number of phenols is 1. The van der Waals surface area contributed by atoms with Crippen LogP contribution in [-0.4, -0.2) is 101 Å². The molecule has 0 bridgehead atoms. The van der Waals surface area contributed by atoms with Crippen LogP contribution in [0.5, 0.6) is 5.75 Å². The molecule has 0 unspecified atom stereocenters. The van der Waals surface area contributed by atoms with Crippen molar-refractivity contribution in [3.63, 3.8) is 0 Å². The predicted molar refractivity (Wildman–Crippen MR) is 180 cm³/mol. The molecule has 2 atom stereocenters. The lowest BCUT2D eigenvalue weighted by Crippen LogP contribution is -2.76. The van der Waals surface area contributed by atoms with Gasteiger partial charge in [0.25, 0.3) is 0 Å². The molecule has 3 fully saturated rings. The largest absolute Gasteiger partial charge is 0.508 e. The van der Waals surface area contributed by atoms with Gasteiger partial charge in [0, 0.05) is 44.8 Å². The number of aromatic hydroxyl groups is 1. The molecule has 0 radical (unpaired) electrons. The summed E-state index contributed by atoms with van der Waals surface area (Å²) < 4.78 is 5.53. The van der Waals surface area contributed by atoms with Crippen LogP contribution in [0.25, 0.3) is 0 Å². The minimum Gasteiger partial charge on any atom is -0.508 e. The van der Waals surface area contributed by atoms with Gasteiger partial charge in [-0.25, -0.2) is 14.8 Å². The highest BCUT2D eigenvalue weighted by atomic mass is 16.5. The summed E-state index contributed by atoms with van der Waals surface area (Å²) in [5.41, 5.74) is 3.83. The number of piperazine rings is 1. The summed E-state index contributed by atoms with van der Waals surface area (Å²) in [4.78, 5) is 47.8. The number of anilines is 1. The molecular formula is C36H46N6O5. The maximum Gasteiger partial charge on any atom is 0.334 e. The molecule has 11 nitrogen and oxygen atoms in total. The van der Waals surface area contributed by atoms with Gasteiger partial charge in [0.05, 0.1) is 26.3 Å². The molecule has 3 aliphatic heterocycles. The first-order valence-corrected chi connectivity index (χ1v) is 16.1. The second-order valence-corrected chi connectivity index (χ2v) is 12.0. The number of phenolic OH excluding ortho intramolecular Hbond substituents is 1. The summed E-state index contributed by atoms with van der Waals surface area (Å²) in [6, 6.07) is 23.5. The van der Waals surface area contributed by atoms with E-state index in [4.69, 9.17) is 4.74 Å². The molecule has 4 amide bonds. The highest BCUT2D eigenvalue weighted by molar-refractivity contribution is 5.91. The van der Waals surface area contributed by atoms with E-state index in [9.17, 15) is 19.5 Å². The summed E-state index contributed by atoms with van der Waals surface area (Å²) in [7, 11) is 0. The number of hydrogen-bond donors (Lipinski definition) is 2. The number of fused-ring (bicyclic) bond motifs is 1. The third-order valence-electron chi connectivity index (χ3n) is 8.83. The Bertz CT molecular complexity index is 1510. The fraction of sp³-hybridized carbons (Fsp3) is 0.417. The zero-order chi connectivity index (χ0) is 32.0. The Labute approximate surface area is 277 Å². The average molecular weight is 643 g/mol. The van der Waals surface area contributed by atoms with E-state index < -0.39 is 12.2 Å². The molecular weight excluding hydrogens is 596 g/mol. The monoisotopic (exact) mass is 642 g/mol. The normalized spacial score (nSPS) is 20.1. The van der Waals surface area contributed by atoms with Gasteiger partial charge in [0.15, 0.2) is 0 Å². The van der Waals surface area contributed by atoms with Crippen molar-refractivity contribution in [1.82, 2.24) is 25.1 Å². The van der Waals surface area contributed by atoms with E-state index in [0.29, 0.717) is 32.8 Å². The summed E-state index contributed by atoms with van der Waals surface area (Å²) in [5, 5.41) is 16.4. The van der Waals surface area contributed by atoms with E-state index in [0.717, 1.165) is 41.9 Å². The zero-order valence-corrected chi connectivity index (χ0v) is 26.3. The first kappa shape index (κ1) is 33.7. The quantitative estimate of drug-likeness (QED) is 0.365. The molecule has 250 valence electrons. The van der Waals surface area contributed by atoms with Crippen LogP contribution in [0, 0.1) is 0 Å². The zero-order valence-electron chi connectivity index (χ0n) is 26.3. The van der Waals surface area contributed by atoms with Crippen LogP contribution in [0.4, 0.5) is 10.5 Å². The van der Waals surface area contributed by atoms with E-state index >= 15 is 0 Å². The van der Waals surface area contributed by atoms with Crippen molar-refractivity contribution in [3.8, 4) is 5.75 Å². The maximum atomic E-state index is 14.3. The summed E-state index contributed by atoms with van der Waals surface area (Å²) in [6.45, 7) is 6.36. The predicted octanol–water partition coefficient (Wildman–Crippen LogP) is 3.83. The fourth-order valence-corrected chi connectivity index (χ4v) is 6.59. The second kappa shape index (κ2) is 15.3. The Hall–Kier alpha value is -4.61. The number of rotatable bonds is 9. The molecule has 3 heterocycles. The Balaban J connectivity index is 0.00000433. The SMILES string of the molecule is C.CCCN1CC(=O)N2[C@@H](Cc3ccc(O)cc3)C(=O)N(Cc3cccc(N4CCOCC4)c3)C[C@@H]2N1C(=O)NCc1ccccc1. The van der Waals surface area contributed by atoms with Crippen LogP contribution < -0.4 is 10.2 Å². The third-order valence-corrected chi connectivity index (χ3v) is 8.83. The van der Waals surface area contributed by atoms with Gasteiger partial charge in [-0.1, -0.05) is 68.9 Å². The van der Waals surface area contributed by atoms with Crippen molar-refractivity contribution in [3.05, 3.63) is 95.6 Å². The van der Waals surface area contributed by atoms with E-state index in [-0.39, 0.29) is 50.5 Å². The second-order valence-electron chi connectivity index (χ2n) is 12.0. The number of nitrogens with zero attached hydrogens (tertiary/aromatic N) is 5. The number of carbonyl (C=O) groups excluding carboxylic acids is 3. The number of hydrazine groups is 1. The van der Waals surface area contributed by atoms with Crippen LogP contribution in [0.3, 0.4) is 0 Å². The number of ether oxygens (including phenoxy) is 1. The van der Waals surface area contributed by atoms with Crippen LogP contribution in [0.2, 0.25) is 0 Å². The molecule has 11 heteroatoms. The van der Waals surface area contributed by atoms with Gasteiger partial charge in [-0.3, -0.25) is 9.59 Å². The van der Waals surface area contributed by atoms with Crippen LogP contribution in [0.1, 0.15) is 37.5 Å². The number of hydrogen-bond acceptors (Lipinski definition) is 7. The Kier molecular flexibility index (Phi) is 11.0. The average Bonchev–Trinajstić information content (AvgIpc) is 3.07. The number of carbonyl (C=O) groups is 3. The van der Waals surface area contributed by atoms with Crippen molar-refractivity contribution < 1.29 is 24.2 Å². The third kappa shape index (κ3) is 7.69. The van der Waals surface area contributed by atoms with Crippen molar-refractivity contribution in [2.24, 2.45) is 0 Å². The van der Waals surface area contributed by atoms with Gasteiger partial charge in [-0.05, 0) is 47.4 Å². The highest BCUT2D eigenvalue weighted by Gasteiger charge is 2.51. The number of nitrogens with one attached hydrogen (secondary N) is 1. The molecule has 3 aromatic carbocycles.